The molecular formula is C27H28FN3O4. The molecule has 35 heavy (non-hydrogen) atoms. The summed E-state index contributed by atoms with van der Waals surface area (Å²) in [6.07, 6.45) is 0. The third-order valence-electron chi connectivity index (χ3n) is 6.52. The third kappa shape index (κ3) is 5.17. The Morgan fingerprint density at radius 1 is 1.00 bits per heavy atom. The highest BCUT2D eigenvalue weighted by atomic mass is 19.1. The molecule has 0 radical (unpaired) electrons. The summed E-state index contributed by atoms with van der Waals surface area (Å²) in [7, 11) is 1.58. The lowest BCUT2D eigenvalue weighted by molar-refractivity contribution is 0.0930. The van der Waals surface area contributed by atoms with Crippen LogP contribution in [0.1, 0.15) is 22.0 Å². The molecule has 8 heteroatoms. The molecule has 1 saturated heterocycles. The lowest BCUT2D eigenvalue weighted by atomic mass is 10.0. The average molecular weight is 478 g/mol. The Kier molecular flexibility index (Phi) is 6.72. The number of methoxy groups -OCH3 is 1. The number of carbonyl (C=O) groups excluding carboxylic acids is 1. The van der Waals surface area contributed by atoms with Crippen LogP contribution in [0.15, 0.2) is 66.7 Å². The number of nitrogens with zero attached hydrogens (tertiary/aromatic N) is 2. The van der Waals surface area contributed by atoms with E-state index in [9.17, 15) is 9.18 Å². The van der Waals surface area contributed by atoms with Crippen LogP contribution in [0.5, 0.6) is 17.2 Å². The van der Waals surface area contributed by atoms with E-state index in [4.69, 9.17) is 14.2 Å². The van der Waals surface area contributed by atoms with Crippen LogP contribution >= 0.6 is 0 Å². The van der Waals surface area contributed by atoms with Gasteiger partial charge < -0.3 is 24.4 Å². The van der Waals surface area contributed by atoms with E-state index < -0.39 is 0 Å². The third-order valence-corrected chi connectivity index (χ3v) is 6.52. The topological polar surface area (TPSA) is 63.3 Å². The molecule has 1 atom stereocenters. The maximum atomic E-state index is 13.3. The van der Waals surface area contributed by atoms with Crippen LogP contribution in [-0.2, 0) is 0 Å². The Morgan fingerprint density at radius 2 is 1.77 bits per heavy atom. The van der Waals surface area contributed by atoms with Gasteiger partial charge in [-0.05, 0) is 60.2 Å². The number of hydrogen-bond donors (Lipinski definition) is 1. The van der Waals surface area contributed by atoms with E-state index in [0.29, 0.717) is 17.9 Å². The summed E-state index contributed by atoms with van der Waals surface area (Å²) < 4.78 is 29.7. The van der Waals surface area contributed by atoms with Crippen molar-refractivity contribution < 1.29 is 23.4 Å². The molecule has 3 aromatic rings. The molecule has 2 aliphatic heterocycles. The van der Waals surface area contributed by atoms with Gasteiger partial charge in [-0.3, -0.25) is 9.69 Å². The van der Waals surface area contributed by atoms with E-state index >= 15 is 0 Å². The maximum Gasteiger partial charge on any atom is 0.251 e. The number of amides is 1. The second kappa shape index (κ2) is 10.2. The number of fused-ring (bicyclic) bond motifs is 1. The number of rotatable bonds is 7. The highest BCUT2D eigenvalue weighted by Crippen LogP contribution is 2.36. The van der Waals surface area contributed by atoms with Crippen LogP contribution in [0.4, 0.5) is 10.1 Å². The van der Waals surface area contributed by atoms with Gasteiger partial charge >= 0.3 is 0 Å². The van der Waals surface area contributed by atoms with Crippen molar-refractivity contribution in [3.63, 3.8) is 0 Å². The minimum absolute atomic E-state index is 0.0468. The molecule has 0 spiro atoms. The van der Waals surface area contributed by atoms with Crippen molar-refractivity contribution in [3.8, 4) is 17.2 Å². The number of ether oxygens (including phenoxy) is 3. The Hall–Kier alpha value is -3.78. The summed E-state index contributed by atoms with van der Waals surface area (Å²) in [6, 6.07) is 19.6. The number of nitrogens with one attached hydrogen (secondary N) is 1. The molecule has 7 nitrogen and oxygen atoms in total. The molecule has 182 valence electrons. The van der Waals surface area contributed by atoms with Crippen LogP contribution in [0.2, 0.25) is 0 Å². The van der Waals surface area contributed by atoms with Crippen molar-refractivity contribution in [1.82, 2.24) is 10.2 Å². The van der Waals surface area contributed by atoms with Crippen molar-refractivity contribution in [1.29, 1.82) is 0 Å². The lowest BCUT2D eigenvalue weighted by Gasteiger charge is -2.40. The summed E-state index contributed by atoms with van der Waals surface area (Å²) >= 11 is 0. The number of piperazine rings is 1. The minimum atomic E-state index is -0.234. The highest BCUT2D eigenvalue weighted by Gasteiger charge is 2.27. The van der Waals surface area contributed by atoms with Crippen LogP contribution in [-0.4, -0.2) is 57.4 Å². The zero-order chi connectivity index (χ0) is 24.2. The van der Waals surface area contributed by atoms with Gasteiger partial charge in [0, 0.05) is 44.0 Å². The Balaban J connectivity index is 1.31. The summed E-state index contributed by atoms with van der Waals surface area (Å²) in [5, 5.41) is 3.10. The van der Waals surface area contributed by atoms with Crippen molar-refractivity contribution in [2.24, 2.45) is 0 Å². The number of halogens is 1. The van der Waals surface area contributed by atoms with E-state index in [1.807, 2.05) is 36.4 Å². The molecule has 0 unspecified atom stereocenters. The normalized spacial score (nSPS) is 16.1. The molecule has 1 N–H and O–H groups in total. The monoisotopic (exact) mass is 477 g/mol. The molecule has 3 aromatic carbocycles. The quantitative estimate of drug-likeness (QED) is 0.558. The summed E-state index contributed by atoms with van der Waals surface area (Å²) in [5.41, 5.74) is 2.61. The highest BCUT2D eigenvalue weighted by molar-refractivity contribution is 5.94. The van der Waals surface area contributed by atoms with Gasteiger partial charge in [-0.25, -0.2) is 4.39 Å². The van der Waals surface area contributed by atoms with Crippen molar-refractivity contribution >= 4 is 11.6 Å². The zero-order valence-electron chi connectivity index (χ0n) is 19.6. The Bertz CT molecular complexity index is 1180. The minimum Gasteiger partial charge on any atom is -0.497 e. The largest absolute Gasteiger partial charge is 0.497 e. The molecule has 5 rings (SSSR count). The molecule has 0 aliphatic carbocycles. The van der Waals surface area contributed by atoms with Gasteiger partial charge in [0.1, 0.15) is 11.6 Å². The van der Waals surface area contributed by atoms with E-state index in [-0.39, 0.29) is 24.6 Å². The van der Waals surface area contributed by atoms with E-state index in [1.165, 1.54) is 12.1 Å². The van der Waals surface area contributed by atoms with Gasteiger partial charge in [-0.15, -0.1) is 0 Å². The van der Waals surface area contributed by atoms with Gasteiger partial charge in [0.25, 0.3) is 5.91 Å². The van der Waals surface area contributed by atoms with E-state index in [0.717, 1.165) is 48.9 Å². The predicted molar refractivity (Wildman–Crippen MR) is 131 cm³/mol. The average Bonchev–Trinajstić information content (AvgIpc) is 3.38. The van der Waals surface area contributed by atoms with E-state index in [1.54, 1.807) is 25.3 Å². The summed E-state index contributed by atoms with van der Waals surface area (Å²) in [6.45, 7) is 3.85. The molecule has 2 heterocycles. The first kappa shape index (κ1) is 23.0. The fraction of sp³-hybridized carbons (Fsp3) is 0.296. The molecular weight excluding hydrogens is 449 g/mol. The van der Waals surface area contributed by atoms with E-state index in [2.05, 4.69) is 15.1 Å². The number of hydrogen-bond acceptors (Lipinski definition) is 6. The molecule has 1 fully saturated rings. The van der Waals surface area contributed by atoms with Gasteiger partial charge in [0.2, 0.25) is 6.79 Å². The van der Waals surface area contributed by atoms with Gasteiger partial charge in [-0.1, -0.05) is 12.1 Å². The van der Waals surface area contributed by atoms with Gasteiger partial charge in [0.15, 0.2) is 11.5 Å². The summed E-state index contributed by atoms with van der Waals surface area (Å²) in [5.74, 6) is 1.70. The number of anilines is 1. The Morgan fingerprint density at radius 3 is 2.54 bits per heavy atom. The SMILES string of the molecule is COc1cccc(C(=O)NC[C@H](c2ccc3c(c2)OCO3)N2CCN(c3ccc(F)cc3)CC2)c1. The smallest absolute Gasteiger partial charge is 0.251 e. The fourth-order valence-electron chi connectivity index (χ4n) is 4.58. The maximum absolute atomic E-state index is 13.3. The standard InChI is InChI=1S/C27H28FN3O4/c1-33-23-4-2-3-20(15-23)27(32)29-17-24(19-5-10-25-26(16-19)35-18-34-25)31-13-11-30(12-14-31)22-8-6-21(28)7-9-22/h2-10,15-16,24H,11-14,17-18H2,1H3,(H,29,32)/t24-/m1/s1. The van der Waals surface area contributed by atoms with Crippen molar-refractivity contribution in [2.75, 3.05) is 51.5 Å². The number of carbonyl (C=O) groups is 1. The van der Waals surface area contributed by atoms with Crippen LogP contribution in [0.3, 0.4) is 0 Å². The van der Waals surface area contributed by atoms with Gasteiger partial charge in [-0.2, -0.15) is 0 Å². The first-order valence-corrected chi connectivity index (χ1v) is 11.7. The molecule has 0 aromatic heterocycles. The predicted octanol–water partition coefficient (Wildman–Crippen LogP) is 3.86. The first-order valence-electron chi connectivity index (χ1n) is 11.7. The van der Waals surface area contributed by atoms with Gasteiger partial charge in [0.05, 0.1) is 13.2 Å². The first-order chi connectivity index (χ1) is 17.1. The molecule has 2 aliphatic rings. The fourth-order valence-corrected chi connectivity index (χ4v) is 4.58. The Labute approximate surface area is 204 Å². The zero-order valence-corrected chi connectivity index (χ0v) is 19.6. The lowest BCUT2D eigenvalue weighted by Crippen LogP contribution is -2.50. The second-order valence-electron chi connectivity index (χ2n) is 8.57. The number of benzene rings is 3. The van der Waals surface area contributed by atoms with Crippen LogP contribution < -0.4 is 24.4 Å². The molecule has 0 bridgehead atoms. The van der Waals surface area contributed by atoms with Crippen LogP contribution in [0.25, 0.3) is 0 Å². The molecule has 1 amide bonds. The van der Waals surface area contributed by atoms with Crippen molar-refractivity contribution in [2.45, 2.75) is 6.04 Å². The second-order valence-corrected chi connectivity index (χ2v) is 8.57. The van der Waals surface area contributed by atoms with Crippen molar-refractivity contribution in [3.05, 3.63) is 83.7 Å². The summed E-state index contributed by atoms with van der Waals surface area (Å²) in [4.78, 5) is 17.5. The van der Waals surface area contributed by atoms with Crippen LogP contribution in [0, 0.1) is 5.82 Å². The molecule has 0 saturated carbocycles.